The molecular formula is C18H10ClNO3. The van der Waals surface area contributed by atoms with Gasteiger partial charge in [-0.15, -0.1) is 0 Å². The topological polar surface area (TPSA) is 67.3 Å². The van der Waals surface area contributed by atoms with Crippen LogP contribution >= 0.6 is 11.6 Å². The van der Waals surface area contributed by atoms with Crippen molar-refractivity contribution in [3.63, 3.8) is 0 Å². The van der Waals surface area contributed by atoms with Crippen LogP contribution in [0.5, 0.6) is 0 Å². The minimum Gasteiger partial charge on any atom is -0.512 e. The molecule has 4 nitrogen and oxygen atoms in total. The molecule has 0 atom stereocenters. The standard InChI is InChI=1S/C18H10ClNO3/c1-8(21)13-14-9-4-2-3-5-10(9)17(22)15-11(19)6-7-12(16(14)15)20-18(13)23/h2-7,21H,1H3. The molecule has 1 aliphatic carbocycles. The summed E-state index contributed by atoms with van der Waals surface area (Å²) < 4.78 is 0. The van der Waals surface area contributed by atoms with Crippen LogP contribution in [0, 0.1) is 10.4 Å². The summed E-state index contributed by atoms with van der Waals surface area (Å²) >= 11 is 6.25. The van der Waals surface area contributed by atoms with E-state index < -0.39 is 5.56 Å². The van der Waals surface area contributed by atoms with Crippen LogP contribution in [0.2, 0.25) is 5.02 Å². The number of hydrogen-bond donors (Lipinski definition) is 1. The molecule has 5 heteroatoms. The van der Waals surface area contributed by atoms with Crippen molar-refractivity contribution in [3.8, 4) is 0 Å². The molecule has 2 aliphatic rings. The maximum atomic E-state index is 12.8. The molecule has 112 valence electrons. The van der Waals surface area contributed by atoms with Gasteiger partial charge in [0.15, 0.2) is 5.43 Å². The van der Waals surface area contributed by atoms with Crippen LogP contribution in [0.15, 0.2) is 46.0 Å². The highest BCUT2D eigenvalue weighted by Gasteiger charge is 2.15. The normalized spacial score (nSPS) is 13.1. The third-order valence-corrected chi connectivity index (χ3v) is 4.41. The van der Waals surface area contributed by atoms with Gasteiger partial charge in [0.1, 0.15) is 5.76 Å². The zero-order valence-electron chi connectivity index (χ0n) is 12.1. The number of rotatable bonds is 0. The van der Waals surface area contributed by atoms with Crippen LogP contribution in [-0.2, 0) is 0 Å². The van der Waals surface area contributed by atoms with Crippen molar-refractivity contribution in [2.75, 3.05) is 0 Å². The first kappa shape index (κ1) is 13.9. The first-order valence-corrected chi connectivity index (χ1v) is 7.38. The molecule has 1 aliphatic heterocycles. The van der Waals surface area contributed by atoms with E-state index in [1.54, 1.807) is 36.4 Å². The lowest BCUT2D eigenvalue weighted by Gasteiger charge is -2.07. The number of benzene rings is 2. The van der Waals surface area contributed by atoms with Crippen molar-refractivity contribution in [2.24, 2.45) is 0 Å². The summed E-state index contributed by atoms with van der Waals surface area (Å²) in [6, 6.07) is 10.2. The lowest BCUT2D eigenvalue weighted by molar-refractivity contribution is 0.498. The predicted octanol–water partition coefficient (Wildman–Crippen LogP) is 2.33. The third kappa shape index (κ3) is 1.75. The van der Waals surface area contributed by atoms with Gasteiger partial charge >= 0.3 is 0 Å². The smallest absolute Gasteiger partial charge is 0.281 e. The highest BCUT2D eigenvalue weighted by molar-refractivity contribution is 6.34. The molecule has 0 fully saturated rings. The van der Waals surface area contributed by atoms with Gasteiger partial charge in [0.25, 0.3) is 5.56 Å². The largest absolute Gasteiger partial charge is 0.512 e. The second kappa shape index (κ2) is 4.64. The van der Waals surface area contributed by atoms with Crippen LogP contribution in [0.4, 0.5) is 0 Å². The van der Waals surface area contributed by atoms with E-state index in [1.807, 2.05) is 0 Å². The molecule has 0 amide bonds. The molecule has 0 saturated carbocycles. The molecular weight excluding hydrogens is 314 g/mol. The number of hydrogen-bond acceptors (Lipinski definition) is 4. The molecule has 2 aromatic carbocycles. The Morgan fingerprint density at radius 1 is 1.04 bits per heavy atom. The highest BCUT2D eigenvalue weighted by Crippen LogP contribution is 2.23. The van der Waals surface area contributed by atoms with Gasteiger partial charge in [-0.1, -0.05) is 35.9 Å². The highest BCUT2D eigenvalue weighted by atomic mass is 35.5. The maximum Gasteiger partial charge on any atom is 0.281 e. The van der Waals surface area contributed by atoms with E-state index in [2.05, 4.69) is 4.98 Å². The van der Waals surface area contributed by atoms with Gasteiger partial charge in [-0.3, -0.25) is 9.59 Å². The minimum atomic E-state index is -0.523. The summed E-state index contributed by atoms with van der Waals surface area (Å²) in [5, 5.41) is 12.9. The first-order valence-electron chi connectivity index (χ1n) is 7.01. The predicted molar refractivity (Wildman–Crippen MR) is 90.2 cm³/mol. The fourth-order valence-corrected chi connectivity index (χ4v) is 3.41. The van der Waals surface area contributed by atoms with E-state index in [0.717, 1.165) is 0 Å². The number of halogens is 1. The van der Waals surface area contributed by atoms with Crippen LogP contribution in [0.1, 0.15) is 6.92 Å². The summed E-state index contributed by atoms with van der Waals surface area (Å²) in [7, 11) is 0. The fraction of sp³-hybridized carbons (Fsp3) is 0.0556. The maximum absolute atomic E-state index is 12.8. The molecule has 0 spiro atoms. The van der Waals surface area contributed by atoms with E-state index >= 15 is 0 Å². The Morgan fingerprint density at radius 2 is 1.74 bits per heavy atom. The summed E-state index contributed by atoms with van der Waals surface area (Å²) in [5.74, 6) is -0.130. The van der Waals surface area contributed by atoms with Crippen molar-refractivity contribution in [1.82, 2.24) is 4.98 Å². The average Bonchev–Trinajstić information content (AvgIpc) is 2.52. The molecule has 0 bridgehead atoms. The van der Waals surface area contributed by atoms with Crippen molar-refractivity contribution < 1.29 is 5.11 Å². The van der Waals surface area contributed by atoms with Crippen LogP contribution in [0.3, 0.4) is 0 Å². The molecule has 2 aromatic rings. The van der Waals surface area contributed by atoms with Crippen LogP contribution in [-0.4, -0.2) is 10.1 Å². The summed E-state index contributed by atoms with van der Waals surface area (Å²) in [6.45, 7) is 1.43. The van der Waals surface area contributed by atoms with Crippen molar-refractivity contribution >= 4 is 39.0 Å². The quantitative estimate of drug-likeness (QED) is 0.539. The van der Waals surface area contributed by atoms with Crippen LogP contribution in [0.25, 0.3) is 27.4 Å². The monoisotopic (exact) mass is 323 g/mol. The van der Waals surface area contributed by atoms with Gasteiger partial charge in [-0.2, -0.15) is 0 Å². The molecule has 4 rings (SSSR count). The van der Waals surface area contributed by atoms with Crippen molar-refractivity contribution in [3.05, 3.63) is 77.7 Å². The molecule has 1 N–H and O–H groups in total. The number of aromatic nitrogens is 1. The Balaban J connectivity index is 2.72. The Labute approximate surface area is 134 Å². The number of fused-ring (bicyclic) bond motifs is 2. The molecule has 23 heavy (non-hydrogen) atoms. The Morgan fingerprint density at radius 3 is 2.43 bits per heavy atom. The average molecular weight is 324 g/mol. The second-order valence-electron chi connectivity index (χ2n) is 5.44. The third-order valence-electron chi connectivity index (χ3n) is 4.10. The van der Waals surface area contributed by atoms with Gasteiger partial charge in [0.05, 0.1) is 21.1 Å². The van der Waals surface area contributed by atoms with Gasteiger partial charge in [-0.25, -0.2) is 4.98 Å². The van der Waals surface area contributed by atoms with Crippen molar-refractivity contribution in [1.29, 1.82) is 0 Å². The SMILES string of the molecule is CC(O)=c1c(=O)nc2ccc(Cl)c3c2=c1c1ccccc1c3=O. The first-order chi connectivity index (χ1) is 11.0. The Hall–Kier alpha value is -2.72. The van der Waals surface area contributed by atoms with E-state index in [1.165, 1.54) is 6.92 Å². The molecule has 0 radical (unpaired) electrons. The molecule has 1 heterocycles. The van der Waals surface area contributed by atoms with Crippen LogP contribution < -0.4 is 16.2 Å². The molecule has 0 unspecified atom stereocenters. The number of aliphatic hydroxyl groups excluding tert-OH is 1. The summed E-state index contributed by atoms with van der Waals surface area (Å²) in [6.07, 6.45) is 0. The zero-order chi connectivity index (χ0) is 16.3. The Kier molecular flexibility index (Phi) is 2.80. The Bertz CT molecular complexity index is 1330. The van der Waals surface area contributed by atoms with Gasteiger partial charge in [0.2, 0.25) is 0 Å². The summed E-state index contributed by atoms with van der Waals surface area (Å²) in [4.78, 5) is 29.2. The van der Waals surface area contributed by atoms with Crippen molar-refractivity contribution in [2.45, 2.75) is 6.92 Å². The van der Waals surface area contributed by atoms with E-state index in [4.69, 9.17) is 11.6 Å². The van der Waals surface area contributed by atoms with Gasteiger partial charge in [0, 0.05) is 15.8 Å². The number of nitrogens with zero attached hydrogens (tertiary/aromatic N) is 1. The van der Waals surface area contributed by atoms with E-state index in [0.29, 0.717) is 37.1 Å². The minimum absolute atomic E-state index is 0.112. The fourth-order valence-electron chi connectivity index (χ4n) is 3.17. The lowest BCUT2D eigenvalue weighted by Crippen LogP contribution is -2.32. The lowest BCUT2D eigenvalue weighted by atomic mass is 9.98. The number of aliphatic hydroxyl groups is 1. The van der Waals surface area contributed by atoms with E-state index in [-0.39, 0.29) is 16.4 Å². The van der Waals surface area contributed by atoms with Gasteiger partial charge < -0.3 is 5.11 Å². The van der Waals surface area contributed by atoms with E-state index in [9.17, 15) is 14.7 Å². The summed E-state index contributed by atoms with van der Waals surface area (Å²) in [5.41, 5.74) is -0.326. The second-order valence-corrected chi connectivity index (χ2v) is 5.85. The molecule has 0 aromatic heterocycles. The van der Waals surface area contributed by atoms with Gasteiger partial charge in [-0.05, 0) is 24.4 Å². The molecule has 0 saturated heterocycles. The zero-order valence-corrected chi connectivity index (χ0v) is 12.8.